The topological polar surface area (TPSA) is 149 Å². The average Bonchev–Trinajstić information content (AvgIpc) is 3.27. The number of thiophene rings is 1. The van der Waals surface area contributed by atoms with Crippen LogP contribution in [0.5, 0.6) is 11.5 Å². The molecule has 12 nitrogen and oxygen atoms in total. The van der Waals surface area contributed by atoms with E-state index in [9.17, 15) is 14.9 Å². The predicted octanol–water partition coefficient (Wildman–Crippen LogP) is 3.65. The maximum Gasteiger partial charge on any atom is 0.506 e. The van der Waals surface area contributed by atoms with Crippen LogP contribution in [-0.2, 0) is 11.3 Å². The summed E-state index contributed by atoms with van der Waals surface area (Å²) in [4.78, 5) is 33.4. The molecule has 0 spiro atoms. The Bertz CT molecular complexity index is 1240. The van der Waals surface area contributed by atoms with Gasteiger partial charge in [0.2, 0.25) is 5.95 Å². The molecule has 0 unspecified atom stereocenters. The Morgan fingerprint density at radius 2 is 2.00 bits per heavy atom. The highest BCUT2D eigenvalue weighted by atomic mass is 32.1. The van der Waals surface area contributed by atoms with E-state index >= 15 is 0 Å². The van der Waals surface area contributed by atoms with Crippen LogP contribution in [-0.4, -0.2) is 58.6 Å². The fourth-order valence-electron chi connectivity index (χ4n) is 3.96. The molecule has 34 heavy (non-hydrogen) atoms. The van der Waals surface area contributed by atoms with Gasteiger partial charge in [-0.05, 0) is 29.0 Å². The van der Waals surface area contributed by atoms with Gasteiger partial charge in [-0.3, -0.25) is 10.1 Å². The summed E-state index contributed by atoms with van der Waals surface area (Å²) < 4.78 is 16.1. The fourth-order valence-corrected chi connectivity index (χ4v) is 4.81. The highest BCUT2D eigenvalue weighted by molar-refractivity contribution is 7.21. The summed E-state index contributed by atoms with van der Waals surface area (Å²) in [6, 6.07) is 7.14. The minimum atomic E-state index is -1.28. The van der Waals surface area contributed by atoms with Crippen LogP contribution in [0.4, 0.5) is 21.6 Å². The highest BCUT2D eigenvalue weighted by Gasteiger charge is 2.26. The number of hydrogen-bond acceptors (Lipinski definition) is 11. The van der Waals surface area contributed by atoms with Crippen LogP contribution in [0, 0.1) is 10.1 Å². The Morgan fingerprint density at radius 1 is 1.24 bits per heavy atom. The summed E-state index contributed by atoms with van der Waals surface area (Å²) in [7, 11) is 0. The van der Waals surface area contributed by atoms with Crippen molar-refractivity contribution in [2.75, 3.05) is 36.5 Å². The lowest BCUT2D eigenvalue weighted by atomic mass is 10.1. The quantitative estimate of drug-likeness (QED) is 0.298. The number of aromatic nitrogens is 2. The number of fused-ring (bicyclic) bond motifs is 2. The largest absolute Gasteiger partial charge is 0.506 e. The Morgan fingerprint density at radius 3 is 2.74 bits per heavy atom. The summed E-state index contributed by atoms with van der Waals surface area (Å²) in [5.74, 6) is 2.30. The van der Waals surface area contributed by atoms with Gasteiger partial charge < -0.3 is 29.5 Å². The smallest absolute Gasteiger partial charge is 0.486 e. The van der Waals surface area contributed by atoms with Gasteiger partial charge in [0.15, 0.2) is 11.5 Å². The molecule has 5 rings (SSSR count). The van der Waals surface area contributed by atoms with Crippen LogP contribution in [0.1, 0.15) is 18.4 Å². The Labute approximate surface area is 197 Å². The summed E-state index contributed by atoms with van der Waals surface area (Å²) in [5, 5.41) is 24.0. The molecule has 0 radical (unpaired) electrons. The van der Waals surface area contributed by atoms with Crippen molar-refractivity contribution in [2.24, 2.45) is 0 Å². The van der Waals surface area contributed by atoms with Gasteiger partial charge in [-0.1, -0.05) is 6.07 Å². The molecule has 3 aromatic rings. The van der Waals surface area contributed by atoms with Crippen molar-refractivity contribution in [3.05, 3.63) is 39.9 Å². The van der Waals surface area contributed by atoms with Crippen LogP contribution in [0.2, 0.25) is 0 Å². The van der Waals surface area contributed by atoms with Crippen LogP contribution < -0.4 is 19.7 Å². The van der Waals surface area contributed by atoms with Crippen LogP contribution in [0.3, 0.4) is 0 Å². The van der Waals surface area contributed by atoms with Gasteiger partial charge in [-0.25, -0.2) is 9.78 Å². The second kappa shape index (κ2) is 9.17. The van der Waals surface area contributed by atoms with Crippen molar-refractivity contribution in [1.29, 1.82) is 0 Å². The molecule has 4 heterocycles. The maximum atomic E-state index is 11.4. The van der Waals surface area contributed by atoms with Crippen LogP contribution in [0.25, 0.3) is 10.2 Å². The average molecular weight is 487 g/mol. The Kier molecular flexibility index (Phi) is 5.92. The number of carboxylic acid groups (broad SMARTS) is 1. The zero-order valence-corrected chi connectivity index (χ0v) is 18.7. The monoisotopic (exact) mass is 487 g/mol. The Balaban J connectivity index is 1.39. The van der Waals surface area contributed by atoms with Gasteiger partial charge in [0.1, 0.15) is 30.0 Å². The summed E-state index contributed by atoms with van der Waals surface area (Å²) in [6.07, 6.45) is -0.628. The minimum Gasteiger partial charge on any atom is -0.486 e. The predicted molar refractivity (Wildman–Crippen MR) is 123 cm³/mol. The van der Waals surface area contributed by atoms with Crippen molar-refractivity contribution < 1.29 is 29.0 Å². The van der Waals surface area contributed by atoms with E-state index in [0.29, 0.717) is 79.2 Å². The molecule has 0 saturated carbocycles. The third kappa shape index (κ3) is 4.59. The van der Waals surface area contributed by atoms with E-state index in [2.05, 4.69) is 15.3 Å². The SMILES string of the molecule is O=C(O)OC1CCN(c2nc(NCc3ccc4c(c3)OCCO4)c3cc([N+](=O)[O-])sc3n2)CC1. The van der Waals surface area contributed by atoms with E-state index in [1.165, 1.54) is 6.07 Å². The number of nitro groups is 1. The van der Waals surface area contributed by atoms with Gasteiger partial charge in [-0.15, -0.1) is 0 Å². The molecule has 178 valence electrons. The maximum absolute atomic E-state index is 11.4. The lowest BCUT2D eigenvalue weighted by molar-refractivity contribution is -0.380. The molecule has 1 saturated heterocycles. The van der Waals surface area contributed by atoms with Crippen molar-refractivity contribution in [3.63, 3.8) is 0 Å². The second-order valence-corrected chi connectivity index (χ2v) is 8.84. The molecule has 0 aliphatic carbocycles. The molecule has 2 aliphatic heterocycles. The van der Waals surface area contributed by atoms with Crippen molar-refractivity contribution in [1.82, 2.24) is 9.97 Å². The molecule has 2 aromatic heterocycles. The number of nitrogens with one attached hydrogen (secondary N) is 1. The van der Waals surface area contributed by atoms with E-state index in [1.807, 2.05) is 23.1 Å². The number of piperidine rings is 1. The first-order chi connectivity index (χ1) is 16.5. The number of rotatable bonds is 6. The van der Waals surface area contributed by atoms with Gasteiger partial charge in [0, 0.05) is 38.5 Å². The molecular weight excluding hydrogens is 466 g/mol. The number of hydrogen-bond donors (Lipinski definition) is 2. The minimum absolute atomic E-state index is 0.0163. The second-order valence-electron chi connectivity index (χ2n) is 7.83. The van der Waals surface area contributed by atoms with Crippen LogP contribution >= 0.6 is 11.3 Å². The van der Waals surface area contributed by atoms with Crippen molar-refractivity contribution in [2.45, 2.75) is 25.5 Å². The molecule has 2 N–H and O–H groups in total. The van der Waals surface area contributed by atoms with Gasteiger partial charge >= 0.3 is 11.2 Å². The fraction of sp³-hybridized carbons (Fsp3) is 0.381. The molecule has 0 atom stereocenters. The first-order valence-corrected chi connectivity index (χ1v) is 11.5. The van der Waals surface area contributed by atoms with E-state index in [1.54, 1.807) is 0 Å². The van der Waals surface area contributed by atoms with E-state index in [4.69, 9.17) is 19.3 Å². The van der Waals surface area contributed by atoms with E-state index in [0.717, 1.165) is 16.9 Å². The number of anilines is 2. The standard InChI is InChI=1S/C21H21N5O7S/c27-21(28)33-13-3-5-25(6-4-13)20-23-18(14-10-17(26(29)30)34-19(14)24-20)22-11-12-1-2-15-16(9-12)32-8-7-31-15/h1-2,9-10,13H,3-8,11H2,(H,27,28)(H,22,23,24). The molecule has 1 aromatic carbocycles. The van der Waals surface area contributed by atoms with Crippen LogP contribution in [0.15, 0.2) is 24.3 Å². The number of ether oxygens (including phenoxy) is 3. The molecule has 13 heteroatoms. The van der Waals surface area contributed by atoms with Crippen molar-refractivity contribution >= 4 is 44.5 Å². The first kappa shape index (κ1) is 21.9. The third-order valence-corrected chi connectivity index (χ3v) is 6.59. The first-order valence-electron chi connectivity index (χ1n) is 10.7. The number of carbonyl (C=O) groups is 1. The zero-order chi connectivity index (χ0) is 23.7. The molecule has 1 fully saturated rings. The van der Waals surface area contributed by atoms with Gasteiger partial charge in [0.05, 0.1) is 10.3 Å². The van der Waals surface area contributed by atoms with Gasteiger partial charge in [-0.2, -0.15) is 4.98 Å². The highest BCUT2D eigenvalue weighted by Crippen LogP contribution is 2.36. The molecule has 2 aliphatic rings. The zero-order valence-electron chi connectivity index (χ0n) is 17.9. The normalized spacial score (nSPS) is 15.8. The number of nitrogens with zero attached hydrogens (tertiary/aromatic N) is 4. The van der Waals surface area contributed by atoms with Crippen molar-refractivity contribution in [3.8, 4) is 11.5 Å². The Hall–Kier alpha value is -3.87. The molecular formula is C21H21N5O7S. The van der Waals surface area contributed by atoms with E-state index in [-0.39, 0.29) is 11.1 Å². The molecule has 0 amide bonds. The lowest BCUT2D eigenvalue weighted by Gasteiger charge is -2.31. The van der Waals surface area contributed by atoms with E-state index < -0.39 is 11.1 Å². The van der Waals surface area contributed by atoms with Gasteiger partial charge in [0.25, 0.3) is 0 Å². The number of benzene rings is 1. The third-order valence-electron chi connectivity index (χ3n) is 5.61. The lowest BCUT2D eigenvalue weighted by Crippen LogP contribution is -2.38. The molecule has 0 bridgehead atoms. The summed E-state index contributed by atoms with van der Waals surface area (Å²) in [6.45, 7) is 2.45. The summed E-state index contributed by atoms with van der Waals surface area (Å²) in [5.41, 5.74) is 0.939. The summed E-state index contributed by atoms with van der Waals surface area (Å²) >= 11 is 0.991.